The van der Waals surface area contributed by atoms with Crippen molar-refractivity contribution >= 4 is 0 Å². The van der Waals surface area contributed by atoms with Gasteiger partial charge in [-0.15, -0.1) is 0 Å². The van der Waals surface area contributed by atoms with Crippen LogP contribution in [0.1, 0.15) is 24.5 Å². The monoisotopic (exact) mass is 163 g/mol. The Balaban J connectivity index is 2.87. The first-order valence-corrected chi connectivity index (χ1v) is 4.26. The van der Waals surface area contributed by atoms with Gasteiger partial charge in [-0.05, 0) is 36.6 Å². The summed E-state index contributed by atoms with van der Waals surface area (Å²) in [5.41, 5.74) is 2.40. The summed E-state index contributed by atoms with van der Waals surface area (Å²) >= 11 is 0. The molecule has 0 fully saturated rings. The van der Waals surface area contributed by atoms with Gasteiger partial charge in [-0.2, -0.15) is 0 Å². The third-order valence-corrected chi connectivity index (χ3v) is 1.93. The average Bonchev–Trinajstić information content (AvgIpc) is 2.09. The van der Waals surface area contributed by atoms with E-state index in [1.807, 2.05) is 12.1 Å². The molecule has 0 unspecified atom stereocenters. The molecule has 1 aromatic carbocycles. The van der Waals surface area contributed by atoms with Crippen LogP contribution < -0.4 is 4.74 Å². The van der Waals surface area contributed by atoms with Crippen molar-refractivity contribution in [2.45, 2.75) is 19.8 Å². The van der Waals surface area contributed by atoms with Crippen LogP contribution in [0.3, 0.4) is 0 Å². The molecule has 1 aromatic rings. The van der Waals surface area contributed by atoms with Crippen LogP contribution in [0.25, 0.3) is 0 Å². The first-order valence-electron chi connectivity index (χ1n) is 4.26. The third-order valence-electron chi connectivity index (χ3n) is 1.93. The van der Waals surface area contributed by atoms with Crippen molar-refractivity contribution in [1.29, 1.82) is 0 Å². The number of methoxy groups -OCH3 is 1. The van der Waals surface area contributed by atoms with E-state index in [4.69, 9.17) is 4.74 Å². The molecule has 1 heteroatoms. The van der Waals surface area contributed by atoms with Crippen LogP contribution in [0.5, 0.6) is 5.75 Å². The van der Waals surface area contributed by atoms with E-state index in [-0.39, 0.29) is 0 Å². The maximum atomic E-state index is 5.09. The lowest BCUT2D eigenvalue weighted by molar-refractivity contribution is 0.414. The van der Waals surface area contributed by atoms with Crippen LogP contribution in [0, 0.1) is 6.92 Å². The fourth-order valence-electron chi connectivity index (χ4n) is 1.24. The maximum absolute atomic E-state index is 5.09. The van der Waals surface area contributed by atoms with Crippen LogP contribution in [-0.4, -0.2) is 7.11 Å². The van der Waals surface area contributed by atoms with Gasteiger partial charge in [0, 0.05) is 0 Å². The zero-order valence-corrected chi connectivity index (χ0v) is 7.76. The molecular formula is C11H15O. The van der Waals surface area contributed by atoms with Gasteiger partial charge in [0.25, 0.3) is 0 Å². The van der Waals surface area contributed by atoms with Gasteiger partial charge in [0.1, 0.15) is 5.75 Å². The van der Waals surface area contributed by atoms with E-state index in [2.05, 4.69) is 19.9 Å². The zero-order valence-electron chi connectivity index (χ0n) is 7.76. The van der Waals surface area contributed by atoms with E-state index < -0.39 is 0 Å². The highest BCUT2D eigenvalue weighted by Crippen LogP contribution is 2.17. The number of rotatable bonds is 3. The lowest BCUT2D eigenvalue weighted by Crippen LogP contribution is -1.90. The van der Waals surface area contributed by atoms with Gasteiger partial charge in [-0.1, -0.05) is 19.4 Å². The Morgan fingerprint density at radius 3 is 2.67 bits per heavy atom. The summed E-state index contributed by atoms with van der Waals surface area (Å²) in [6.45, 7) is 6.14. The molecule has 0 heterocycles. The van der Waals surface area contributed by atoms with E-state index in [1.165, 1.54) is 5.56 Å². The van der Waals surface area contributed by atoms with Gasteiger partial charge in [0.05, 0.1) is 7.11 Å². The molecule has 0 amide bonds. The van der Waals surface area contributed by atoms with E-state index >= 15 is 0 Å². The molecule has 1 rings (SSSR count). The first-order chi connectivity index (χ1) is 5.77. The summed E-state index contributed by atoms with van der Waals surface area (Å²) in [5, 5.41) is 0. The maximum Gasteiger partial charge on any atom is 0.119 e. The molecule has 0 saturated carbocycles. The molecule has 0 aliphatic carbocycles. The van der Waals surface area contributed by atoms with Crippen LogP contribution in [0.15, 0.2) is 18.2 Å². The molecule has 0 saturated heterocycles. The van der Waals surface area contributed by atoms with Gasteiger partial charge in [0.15, 0.2) is 0 Å². The van der Waals surface area contributed by atoms with Crippen LogP contribution in [0.4, 0.5) is 0 Å². The van der Waals surface area contributed by atoms with Crippen molar-refractivity contribution < 1.29 is 4.74 Å². The summed E-state index contributed by atoms with van der Waals surface area (Å²) < 4.78 is 5.09. The molecule has 0 atom stereocenters. The highest BCUT2D eigenvalue weighted by Gasteiger charge is 1.98. The molecule has 12 heavy (non-hydrogen) atoms. The largest absolute Gasteiger partial charge is 0.497 e. The molecule has 0 aliphatic heterocycles. The number of hydrogen-bond acceptors (Lipinski definition) is 1. The molecule has 0 bridgehead atoms. The highest BCUT2D eigenvalue weighted by molar-refractivity contribution is 5.37. The lowest BCUT2D eigenvalue weighted by Gasteiger charge is -2.06. The van der Waals surface area contributed by atoms with Gasteiger partial charge >= 0.3 is 0 Å². The van der Waals surface area contributed by atoms with Crippen LogP contribution in [0.2, 0.25) is 0 Å². The Labute approximate surface area is 74.4 Å². The Hall–Kier alpha value is -0.980. The van der Waals surface area contributed by atoms with Crippen molar-refractivity contribution in [3.63, 3.8) is 0 Å². The van der Waals surface area contributed by atoms with Gasteiger partial charge in [-0.3, -0.25) is 0 Å². The molecule has 0 aromatic heterocycles. The summed E-state index contributed by atoms with van der Waals surface area (Å²) in [7, 11) is 1.67. The Bertz CT molecular complexity index is 253. The number of aryl methyl sites for hydroxylation is 1. The van der Waals surface area contributed by atoms with Crippen molar-refractivity contribution in [3.8, 4) is 5.75 Å². The number of benzene rings is 1. The first kappa shape index (κ1) is 9.11. The quantitative estimate of drug-likeness (QED) is 0.665. The predicted molar refractivity (Wildman–Crippen MR) is 51.4 cm³/mol. The van der Waals surface area contributed by atoms with Gasteiger partial charge < -0.3 is 4.74 Å². The Morgan fingerprint density at radius 2 is 2.17 bits per heavy atom. The molecule has 1 nitrogen and oxygen atoms in total. The smallest absolute Gasteiger partial charge is 0.119 e. The van der Waals surface area contributed by atoms with Crippen LogP contribution in [-0.2, 0) is 6.42 Å². The van der Waals surface area contributed by atoms with E-state index in [0.717, 1.165) is 24.2 Å². The predicted octanol–water partition coefficient (Wildman–Crippen LogP) is 2.83. The fraction of sp³-hybridized carbons (Fsp3) is 0.364. The second kappa shape index (κ2) is 4.15. The molecule has 65 valence electrons. The molecule has 1 radical (unpaired) electrons. The van der Waals surface area contributed by atoms with Gasteiger partial charge in [0.2, 0.25) is 0 Å². The molecular weight excluding hydrogens is 148 g/mol. The van der Waals surface area contributed by atoms with Crippen molar-refractivity contribution in [1.82, 2.24) is 0 Å². The summed E-state index contributed by atoms with van der Waals surface area (Å²) in [6.07, 6.45) is 2.26. The minimum Gasteiger partial charge on any atom is -0.497 e. The van der Waals surface area contributed by atoms with E-state index in [1.54, 1.807) is 7.11 Å². The van der Waals surface area contributed by atoms with Gasteiger partial charge in [-0.25, -0.2) is 0 Å². The second-order valence-electron chi connectivity index (χ2n) is 2.88. The van der Waals surface area contributed by atoms with Crippen molar-refractivity contribution in [3.05, 3.63) is 36.2 Å². The summed E-state index contributed by atoms with van der Waals surface area (Å²) in [5.74, 6) is 0.889. The Morgan fingerprint density at radius 1 is 1.42 bits per heavy atom. The minimum atomic E-state index is 0.889. The van der Waals surface area contributed by atoms with E-state index in [0.29, 0.717) is 0 Å². The van der Waals surface area contributed by atoms with E-state index in [9.17, 15) is 0 Å². The van der Waals surface area contributed by atoms with Crippen LogP contribution >= 0.6 is 0 Å². The van der Waals surface area contributed by atoms with Crippen molar-refractivity contribution in [2.24, 2.45) is 0 Å². The normalized spacial score (nSPS) is 9.92. The standard InChI is InChI=1S/C11H15O/c1-4-5-10-6-7-11(12-3)8-9(10)2/h6-8H,2,4-5H2,1,3H3. The Kier molecular flexibility index (Phi) is 3.15. The summed E-state index contributed by atoms with van der Waals surface area (Å²) in [4.78, 5) is 0. The topological polar surface area (TPSA) is 9.23 Å². The lowest BCUT2D eigenvalue weighted by atomic mass is 10.0. The minimum absolute atomic E-state index is 0.889. The number of hydrogen-bond donors (Lipinski definition) is 0. The SMILES string of the molecule is [CH2]c1cc(OC)ccc1CCC. The third kappa shape index (κ3) is 2.00. The average molecular weight is 163 g/mol. The number of ether oxygens (including phenoxy) is 1. The summed E-state index contributed by atoms with van der Waals surface area (Å²) in [6, 6.07) is 6.05. The zero-order chi connectivity index (χ0) is 8.97. The fourth-order valence-corrected chi connectivity index (χ4v) is 1.24. The second-order valence-corrected chi connectivity index (χ2v) is 2.88. The molecule has 0 spiro atoms. The highest BCUT2D eigenvalue weighted by atomic mass is 16.5. The van der Waals surface area contributed by atoms with Crippen molar-refractivity contribution in [2.75, 3.05) is 7.11 Å². The molecule has 0 aliphatic rings. The molecule has 0 N–H and O–H groups in total.